The Morgan fingerprint density at radius 2 is 1.81 bits per heavy atom. The summed E-state index contributed by atoms with van der Waals surface area (Å²) in [4.78, 5) is 3.64. The number of anilines is 2. The van der Waals surface area contributed by atoms with E-state index in [1.54, 1.807) is 0 Å². The Balaban J connectivity index is 2.21. The van der Waals surface area contributed by atoms with Crippen LogP contribution in [0.2, 0.25) is 0 Å². The van der Waals surface area contributed by atoms with Crippen LogP contribution in [-0.2, 0) is 4.74 Å². The predicted octanol–water partition coefficient (Wildman–Crippen LogP) is 0.752. The van der Waals surface area contributed by atoms with E-state index < -0.39 is 0 Å². The molecule has 0 aliphatic carbocycles. The number of hydrogen-bond donors (Lipinski definition) is 3. The molecule has 0 spiro atoms. The molecule has 8 heteroatoms. The number of morpholine rings is 1. The van der Waals surface area contributed by atoms with Crippen molar-refractivity contribution in [1.82, 2.24) is 5.32 Å². The fraction of sp³-hybridized carbons (Fsp3) is 0.632. The molecule has 0 unspecified atom stereocenters. The van der Waals surface area contributed by atoms with Gasteiger partial charge >= 0.3 is 0 Å². The lowest BCUT2D eigenvalue weighted by atomic mass is 10.2. The summed E-state index contributed by atoms with van der Waals surface area (Å²) in [6.07, 6.45) is 0. The van der Waals surface area contributed by atoms with Crippen molar-refractivity contribution in [1.29, 1.82) is 0 Å². The first-order chi connectivity index (χ1) is 13.0. The van der Waals surface area contributed by atoms with Gasteiger partial charge < -0.3 is 34.6 Å². The van der Waals surface area contributed by atoms with Crippen molar-refractivity contribution in [2.45, 2.75) is 13.8 Å². The minimum Gasteiger partial charge on any atom is -0.492 e. The lowest BCUT2D eigenvalue weighted by molar-refractivity contribution is -0.856. The number of ether oxygens (including phenoxy) is 3. The van der Waals surface area contributed by atoms with Crippen LogP contribution in [0.3, 0.4) is 0 Å². The lowest BCUT2D eigenvalue weighted by Crippen LogP contribution is -3.06. The van der Waals surface area contributed by atoms with E-state index in [1.807, 2.05) is 26.0 Å². The number of quaternary nitrogens is 1. The molecular formula is C19H33N4O3S+. The van der Waals surface area contributed by atoms with Gasteiger partial charge in [-0.2, -0.15) is 0 Å². The number of nitrogens with zero attached hydrogens (tertiary/aromatic N) is 1. The number of nitrogens with one attached hydrogen (secondary N) is 3. The second kappa shape index (κ2) is 11.2. The Morgan fingerprint density at radius 1 is 1.15 bits per heavy atom. The normalized spacial score (nSPS) is 14.2. The molecule has 3 N–H and O–H groups in total. The van der Waals surface area contributed by atoms with Crippen molar-refractivity contribution in [3.63, 3.8) is 0 Å². The molecule has 0 amide bonds. The third-order valence-corrected chi connectivity index (χ3v) is 4.42. The van der Waals surface area contributed by atoms with Gasteiger partial charge in [-0.15, -0.1) is 0 Å². The summed E-state index contributed by atoms with van der Waals surface area (Å²) in [5.74, 6) is 1.59. The Hall–Kier alpha value is -1.77. The molecule has 2 rings (SSSR count). The van der Waals surface area contributed by atoms with E-state index in [4.69, 9.17) is 26.4 Å². The minimum absolute atomic E-state index is 0.579. The first-order valence-electron chi connectivity index (χ1n) is 9.65. The van der Waals surface area contributed by atoms with Gasteiger partial charge in [0.25, 0.3) is 0 Å². The van der Waals surface area contributed by atoms with Gasteiger partial charge in [-0.05, 0) is 26.1 Å². The molecule has 1 aliphatic rings. The van der Waals surface area contributed by atoms with Crippen molar-refractivity contribution >= 4 is 28.7 Å². The summed E-state index contributed by atoms with van der Waals surface area (Å²) >= 11 is 5.44. The van der Waals surface area contributed by atoms with Crippen LogP contribution in [0.5, 0.6) is 11.5 Å². The van der Waals surface area contributed by atoms with Gasteiger partial charge in [0, 0.05) is 25.2 Å². The highest BCUT2D eigenvalue weighted by Gasteiger charge is 2.20. The molecule has 1 aliphatic heterocycles. The van der Waals surface area contributed by atoms with Gasteiger partial charge in [0.15, 0.2) is 5.11 Å². The third kappa shape index (κ3) is 6.71. The molecule has 27 heavy (non-hydrogen) atoms. The summed E-state index contributed by atoms with van der Waals surface area (Å²) in [6, 6.07) is 4.01. The van der Waals surface area contributed by atoms with Gasteiger partial charge in [-0.25, -0.2) is 0 Å². The van der Waals surface area contributed by atoms with Crippen LogP contribution in [0, 0.1) is 0 Å². The van der Waals surface area contributed by atoms with E-state index in [-0.39, 0.29) is 0 Å². The van der Waals surface area contributed by atoms with Gasteiger partial charge in [-0.1, -0.05) is 0 Å². The fourth-order valence-electron chi connectivity index (χ4n) is 2.84. The molecule has 7 nitrogen and oxygen atoms in total. The van der Waals surface area contributed by atoms with Gasteiger partial charge in [0.05, 0.1) is 65.0 Å². The Morgan fingerprint density at radius 3 is 2.44 bits per heavy atom. The van der Waals surface area contributed by atoms with E-state index >= 15 is 0 Å². The van der Waals surface area contributed by atoms with E-state index in [2.05, 4.69) is 29.6 Å². The monoisotopic (exact) mass is 397 g/mol. The summed E-state index contributed by atoms with van der Waals surface area (Å²) in [7, 11) is 4.23. The predicted molar refractivity (Wildman–Crippen MR) is 114 cm³/mol. The Kier molecular flexibility index (Phi) is 8.90. The average Bonchev–Trinajstić information content (AvgIpc) is 2.64. The molecule has 1 aromatic rings. The highest BCUT2D eigenvalue weighted by molar-refractivity contribution is 7.80. The lowest BCUT2D eigenvalue weighted by Gasteiger charge is -2.31. The third-order valence-electron chi connectivity index (χ3n) is 4.17. The van der Waals surface area contributed by atoms with Crippen molar-refractivity contribution in [3.05, 3.63) is 12.1 Å². The number of benzene rings is 1. The van der Waals surface area contributed by atoms with Crippen molar-refractivity contribution in [3.8, 4) is 11.5 Å². The molecule has 0 atom stereocenters. The molecule has 152 valence electrons. The van der Waals surface area contributed by atoms with Crippen molar-refractivity contribution in [2.75, 3.05) is 76.9 Å². The highest BCUT2D eigenvalue weighted by atomic mass is 32.1. The first-order valence-corrected chi connectivity index (χ1v) is 10.1. The van der Waals surface area contributed by atoms with Gasteiger partial charge in [0.1, 0.15) is 11.5 Å². The zero-order chi connectivity index (χ0) is 19.6. The van der Waals surface area contributed by atoms with Gasteiger partial charge in [0.2, 0.25) is 0 Å². The number of likely N-dealkylation sites (N-methyl/N-ethyl adjacent to an activating group) is 1. The van der Waals surface area contributed by atoms with E-state index in [0.29, 0.717) is 18.3 Å². The van der Waals surface area contributed by atoms with E-state index in [9.17, 15) is 0 Å². The van der Waals surface area contributed by atoms with Crippen LogP contribution in [0.1, 0.15) is 13.8 Å². The molecule has 0 radical (unpaired) electrons. The van der Waals surface area contributed by atoms with Crippen molar-refractivity contribution < 1.29 is 19.1 Å². The molecule has 0 aromatic heterocycles. The first kappa shape index (κ1) is 21.5. The highest BCUT2D eigenvalue weighted by Crippen LogP contribution is 2.39. The summed E-state index contributed by atoms with van der Waals surface area (Å²) in [6.45, 7) is 10.1. The van der Waals surface area contributed by atoms with Crippen LogP contribution >= 0.6 is 12.2 Å². The van der Waals surface area contributed by atoms with Crippen LogP contribution in [0.15, 0.2) is 12.1 Å². The van der Waals surface area contributed by atoms with Crippen LogP contribution in [0.4, 0.5) is 11.4 Å². The number of hydrogen-bond acceptors (Lipinski definition) is 5. The standard InChI is InChI=1S/C19H32N4O3S/c1-5-25-17-14-16(23-9-11-24-12-10-23)18(26-6-2)13-15(17)21-19(27)20-7-8-22(3)4/h13-14H,5-12H2,1-4H3,(H2,20,21,27)/p+1. The topological polar surface area (TPSA) is 59.4 Å². The zero-order valence-electron chi connectivity index (χ0n) is 16.9. The number of rotatable bonds is 9. The Bertz CT molecular complexity index is 607. The maximum Gasteiger partial charge on any atom is 0.171 e. The Labute approximate surface area is 167 Å². The minimum atomic E-state index is 0.579. The largest absolute Gasteiger partial charge is 0.492 e. The second-order valence-corrected chi connectivity index (χ2v) is 7.03. The molecular weight excluding hydrogens is 364 g/mol. The molecule has 1 fully saturated rings. The average molecular weight is 398 g/mol. The van der Waals surface area contributed by atoms with Crippen LogP contribution in [-0.4, -0.2) is 71.8 Å². The smallest absolute Gasteiger partial charge is 0.171 e. The molecule has 0 bridgehead atoms. The van der Waals surface area contributed by atoms with Crippen LogP contribution in [0.25, 0.3) is 0 Å². The van der Waals surface area contributed by atoms with E-state index in [1.165, 1.54) is 4.90 Å². The summed E-state index contributed by atoms with van der Waals surface area (Å²) < 4.78 is 17.3. The number of thiocarbonyl (C=S) groups is 1. The second-order valence-electron chi connectivity index (χ2n) is 6.62. The van der Waals surface area contributed by atoms with E-state index in [0.717, 1.165) is 62.3 Å². The summed E-state index contributed by atoms with van der Waals surface area (Å²) in [5.41, 5.74) is 1.84. The van der Waals surface area contributed by atoms with Crippen molar-refractivity contribution in [2.24, 2.45) is 0 Å². The maximum absolute atomic E-state index is 5.91. The molecule has 1 aromatic carbocycles. The quantitative estimate of drug-likeness (QED) is 0.532. The zero-order valence-corrected chi connectivity index (χ0v) is 17.7. The summed E-state index contributed by atoms with van der Waals surface area (Å²) in [5, 5.41) is 7.08. The maximum atomic E-state index is 5.91. The molecule has 1 saturated heterocycles. The molecule has 0 saturated carbocycles. The van der Waals surface area contributed by atoms with Gasteiger partial charge in [-0.3, -0.25) is 0 Å². The fourth-order valence-corrected chi connectivity index (χ4v) is 3.05. The van der Waals surface area contributed by atoms with Crippen LogP contribution < -0.4 is 29.9 Å². The molecule has 1 heterocycles. The SMILES string of the molecule is CCOc1cc(N2CCOCC2)c(OCC)cc1NC(=S)NCC[NH+](C)C.